The van der Waals surface area contributed by atoms with E-state index in [0.29, 0.717) is 37.7 Å². The fraction of sp³-hybridized carbons (Fsp3) is 0.619. The van der Waals surface area contributed by atoms with Crippen molar-refractivity contribution in [1.82, 2.24) is 16.0 Å². The average Bonchev–Trinajstić information content (AvgIpc) is 3.27. The predicted octanol–water partition coefficient (Wildman–Crippen LogP) is 2.04. The first kappa shape index (κ1) is 26.4. The number of hydrogen-bond donors (Lipinski definition) is 3. The molecule has 1 amide bonds. The molecule has 9 heteroatoms. The van der Waals surface area contributed by atoms with E-state index in [1.807, 2.05) is 6.92 Å². The van der Waals surface area contributed by atoms with Gasteiger partial charge in [-0.15, -0.1) is 24.0 Å². The molecule has 1 aromatic rings. The molecule has 0 saturated carbocycles. The van der Waals surface area contributed by atoms with Gasteiger partial charge in [0, 0.05) is 50.9 Å². The number of amides is 1. The molecule has 0 aromatic heterocycles. The first-order valence-electron chi connectivity index (χ1n) is 10.3. The summed E-state index contributed by atoms with van der Waals surface area (Å²) in [4.78, 5) is 16.7. The number of carbonyl (C=O) groups excluding carboxylic acids is 1. The number of guanidine groups is 1. The highest BCUT2D eigenvalue weighted by Crippen LogP contribution is 2.12. The van der Waals surface area contributed by atoms with E-state index in [4.69, 9.17) is 14.2 Å². The van der Waals surface area contributed by atoms with Crippen molar-refractivity contribution in [2.75, 3.05) is 59.7 Å². The van der Waals surface area contributed by atoms with Gasteiger partial charge in [0.05, 0.1) is 20.3 Å². The molecule has 1 atom stereocenters. The lowest BCUT2D eigenvalue weighted by atomic mass is 10.1. The summed E-state index contributed by atoms with van der Waals surface area (Å²) in [6.45, 7) is 7.74. The second kappa shape index (κ2) is 16.1. The number of nitrogens with zero attached hydrogens (tertiary/aromatic N) is 1. The van der Waals surface area contributed by atoms with Crippen LogP contribution in [0.1, 0.15) is 30.1 Å². The Kier molecular flexibility index (Phi) is 14.2. The number of hydrogen-bond acceptors (Lipinski definition) is 5. The summed E-state index contributed by atoms with van der Waals surface area (Å²) < 4.78 is 16.1. The average molecular weight is 534 g/mol. The monoisotopic (exact) mass is 534 g/mol. The van der Waals surface area contributed by atoms with Crippen molar-refractivity contribution in [2.24, 2.45) is 10.9 Å². The standard InChI is InChI=1S/C21H34N4O4.HI/c1-3-22-21(24-10-4-13-28-15-17-9-14-29-16-17)25-12-11-23-20(26)18-5-7-19(27-2)8-6-18;/h5-8,17H,3-4,9-16H2,1-2H3,(H,23,26)(H2,22,24,25);1H. The van der Waals surface area contributed by atoms with Crippen LogP contribution >= 0.6 is 24.0 Å². The molecule has 1 saturated heterocycles. The molecule has 1 aliphatic heterocycles. The Hall–Kier alpha value is -1.59. The number of carbonyl (C=O) groups is 1. The molecule has 0 radical (unpaired) electrons. The summed E-state index contributed by atoms with van der Waals surface area (Å²) in [6.07, 6.45) is 1.97. The lowest BCUT2D eigenvalue weighted by molar-refractivity contribution is 0.0893. The highest BCUT2D eigenvalue weighted by Gasteiger charge is 2.15. The summed E-state index contributed by atoms with van der Waals surface area (Å²) in [5.41, 5.74) is 0.607. The Labute approximate surface area is 196 Å². The molecule has 0 spiro atoms. The van der Waals surface area contributed by atoms with Crippen LogP contribution in [0.5, 0.6) is 5.75 Å². The summed E-state index contributed by atoms with van der Waals surface area (Å²) in [5, 5.41) is 9.32. The maximum absolute atomic E-state index is 12.1. The topological polar surface area (TPSA) is 93.2 Å². The van der Waals surface area contributed by atoms with Gasteiger partial charge in [0.2, 0.25) is 0 Å². The number of nitrogens with one attached hydrogen (secondary N) is 3. The minimum Gasteiger partial charge on any atom is -0.497 e. The van der Waals surface area contributed by atoms with Gasteiger partial charge in [-0.2, -0.15) is 0 Å². The number of ether oxygens (including phenoxy) is 3. The smallest absolute Gasteiger partial charge is 0.251 e. The normalized spacial score (nSPS) is 15.9. The Morgan fingerprint density at radius 1 is 1.20 bits per heavy atom. The van der Waals surface area contributed by atoms with Crippen LogP contribution in [0.15, 0.2) is 29.3 Å². The van der Waals surface area contributed by atoms with Gasteiger partial charge in [0.1, 0.15) is 5.75 Å². The molecule has 3 N–H and O–H groups in total. The van der Waals surface area contributed by atoms with Crippen molar-refractivity contribution in [2.45, 2.75) is 19.8 Å². The van der Waals surface area contributed by atoms with Gasteiger partial charge in [-0.05, 0) is 44.0 Å². The molecule has 1 aliphatic rings. The van der Waals surface area contributed by atoms with Crippen LogP contribution in [0.2, 0.25) is 0 Å². The molecule has 1 aromatic carbocycles. The molecule has 2 rings (SSSR count). The number of benzene rings is 1. The second-order valence-corrected chi connectivity index (χ2v) is 6.83. The quantitative estimate of drug-likeness (QED) is 0.165. The molecular weight excluding hydrogens is 499 g/mol. The molecule has 1 fully saturated rings. The van der Waals surface area contributed by atoms with Gasteiger partial charge in [0.25, 0.3) is 5.91 Å². The summed E-state index contributed by atoms with van der Waals surface area (Å²) in [7, 11) is 1.60. The number of aliphatic imine (C=N–C) groups is 1. The van der Waals surface area contributed by atoms with E-state index in [2.05, 4.69) is 20.9 Å². The van der Waals surface area contributed by atoms with Crippen LogP contribution in [0, 0.1) is 5.92 Å². The number of methoxy groups -OCH3 is 1. The van der Waals surface area contributed by atoms with E-state index >= 15 is 0 Å². The fourth-order valence-electron chi connectivity index (χ4n) is 2.87. The maximum Gasteiger partial charge on any atom is 0.251 e. The fourth-order valence-corrected chi connectivity index (χ4v) is 2.87. The van der Waals surface area contributed by atoms with Crippen LogP contribution in [0.25, 0.3) is 0 Å². The third-order valence-electron chi connectivity index (χ3n) is 4.49. The molecule has 1 unspecified atom stereocenters. The second-order valence-electron chi connectivity index (χ2n) is 6.83. The third kappa shape index (κ3) is 10.4. The Morgan fingerprint density at radius 3 is 2.63 bits per heavy atom. The van der Waals surface area contributed by atoms with Crippen molar-refractivity contribution in [1.29, 1.82) is 0 Å². The zero-order valence-electron chi connectivity index (χ0n) is 17.9. The Balaban J connectivity index is 0.00000450. The van der Waals surface area contributed by atoms with Crippen molar-refractivity contribution in [3.8, 4) is 5.75 Å². The molecule has 170 valence electrons. The zero-order valence-corrected chi connectivity index (χ0v) is 20.3. The van der Waals surface area contributed by atoms with E-state index in [0.717, 1.165) is 50.9 Å². The van der Waals surface area contributed by atoms with Crippen molar-refractivity contribution >= 4 is 35.8 Å². The van der Waals surface area contributed by atoms with Crippen LogP contribution < -0.4 is 20.7 Å². The maximum atomic E-state index is 12.1. The third-order valence-corrected chi connectivity index (χ3v) is 4.49. The van der Waals surface area contributed by atoms with E-state index in [9.17, 15) is 4.79 Å². The number of halogens is 1. The van der Waals surface area contributed by atoms with Gasteiger partial charge in [-0.25, -0.2) is 0 Å². The molecule has 1 heterocycles. The Morgan fingerprint density at radius 2 is 1.97 bits per heavy atom. The highest BCUT2D eigenvalue weighted by molar-refractivity contribution is 14.0. The zero-order chi connectivity index (χ0) is 20.7. The van der Waals surface area contributed by atoms with Crippen LogP contribution in [0.3, 0.4) is 0 Å². The summed E-state index contributed by atoms with van der Waals surface area (Å²) >= 11 is 0. The van der Waals surface area contributed by atoms with Gasteiger partial charge in [-0.3, -0.25) is 9.79 Å². The van der Waals surface area contributed by atoms with Crippen molar-refractivity contribution in [3.63, 3.8) is 0 Å². The summed E-state index contributed by atoms with van der Waals surface area (Å²) in [5.74, 6) is 1.91. The minimum absolute atomic E-state index is 0. The van der Waals surface area contributed by atoms with Crippen LogP contribution in [-0.4, -0.2) is 71.6 Å². The lowest BCUT2D eigenvalue weighted by Gasteiger charge is -2.12. The molecule has 8 nitrogen and oxygen atoms in total. The minimum atomic E-state index is -0.110. The highest BCUT2D eigenvalue weighted by atomic mass is 127. The SMILES string of the molecule is CCNC(=NCCCOCC1CCOC1)NCCNC(=O)c1ccc(OC)cc1.I. The molecular formula is C21H35IN4O4. The van der Waals surface area contributed by atoms with Crippen molar-refractivity contribution < 1.29 is 19.0 Å². The van der Waals surface area contributed by atoms with Crippen LogP contribution in [0.4, 0.5) is 0 Å². The van der Waals surface area contributed by atoms with Gasteiger partial charge < -0.3 is 30.2 Å². The van der Waals surface area contributed by atoms with Gasteiger partial charge >= 0.3 is 0 Å². The lowest BCUT2D eigenvalue weighted by Crippen LogP contribution is -2.41. The van der Waals surface area contributed by atoms with Gasteiger partial charge in [0.15, 0.2) is 5.96 Å². The number of rotatable bonds is 12. The van der Waals surface area contributed by atoms with E-state index in [1.165, 1.54) is 0 Å². The van der Waals surface area contributed by atoms with Gasteiger partial charge in [-0.1, -0.05) is 0 Å². The summed E-state index contributed by atoms with van der Waals surface area (Å²) in [6, 6.07) is 7.03. The predicted molar refractivity (Wildman–Crippen MR) is 129 cm³/mol. The largest absolute Gasteiger partial charge is 0.497 e. The molecule has 0 bridgehead atoms. The van der Waals surface area contributed by atoms with Crippen molar-refractivity contribution in [3.05, 3.63) is 29.8 Å². The van der Waals surface area contributed by atoms with E-state index in [-0.39, 0.29) is 29.9 Å². The van der Waals surface area contributed by atoms with Crippen LogP contribution in [-0.2, 0) is 9.47 Å². The molecule has 30 heavy (non-hydrogen) atoms. The first-order valence-corrected chi connectivity index (χ1v) is 10.3. The van der Waals surface area contributed by atoms with E-state index < -0.39 is 0 Å². The Bertz CT molecular complexity index is 622. The molecule has 0 aliphatic carbocycles. The van der Waals surface area contributed by atoms with E-state index in [1.54, 1.807) is 31.4 Å². The first-order chi connectivity index (χ1) is 14.2.